The van der Waals surface area contributed by atoms with Crippen molar-refractivity contribution in [1.82, 2.24) is 10.3 Å². The number of hydrogen-bond acceptors (Lipinski definition) is 4. The third-order valence-electron chi connectivity index (χ3n) is 3.74. The van der Waals surface area contributed by atoms with Crippen molar-refractivity contribution in [2.45, 2.75) is 45.3 Å². The Kier molecular flexibility index (Phi) is 4.88. The minimum atomic E-state index is 0.677. The van der Waals surface area contributed by atoms with Crippen LogP contribution in [-0.2, 0) is 13.1 Å². The van der Waals surface area contributed by atoms with Crippen molar-refractivity contribution in [2.24, 2.45) is 0 Å². The standard InChI is InChI=1S/C17H23N3S/c1-2-9-18-11-15-4-3-5-17(19-15)20(16-6-7-16)12-14-8-10-21-13-14/h3-5,8,10,13,16,18H,2,6-7,9,11-12H2,1H3. The van der Waals surface area contributed by atoms with Gasteiger partial charge in [-0.15, -0.1) is 0 Å². The van der Waals surface area contributed by atoms with Crippen LogP contribution in [0, 0.1) is 0 Å². The normalized spacial score (nSPS) is 14.3. The fourth-order valence-corrected chi connectivity index (χ4v) is 3.14. The lowest BCUT2D eigenvalue weighted by molar-refractivity contribution is 0.661. The lowest BCUT2D eigenvalue weighted by Crippen LogP contribution is -2.26. The highest BCUT2D eigenvalue weighted by molar-refractivity contribution is 7.07. The van der Waals surface area contributed by atoms with Gasteiger partial charge in [0.05, 0.1) is 5.69 Å². The Balaban J connectivity index is 1.71. The lowest BCUT2D eigenvalue weighted by Gasteiger charge is -2.23. The molecule has 0 spiro atoms. The summed E-state index contributed by atoms with van der Waals surface area (Å²) >= 11 is 1.77. The van der Waals surface area contributed by atoms with Crippen LogP contribution in [0.2, 0.25) is 0 Å². The molecule has 0 radical (unpaired) electrons. The molecule has 3 rings (SSSR count). The summed E-state index contributed by atoms with van der Waals surface area (Å²) in [5.41, 5.74) is 2.53. The van der Waals surface area contributed by atoms with Crippen LogP contribution in [0.3, 0.4) is 0 Å². The summed E-state index contributed by atoms with van der Waals surface area (Å²) in [6.07, 6.45) is 3.75. The van der Waals surface area contributed by atoms with Crippen molar-refractivity contribution in [3.63, 3.8) is 0 Å². The van der Waals surface area contributed by atoms with E-state index in [-0.39, 0.29) is 0 Å². The van der Waals surface area contributed by atoms with E-state index >= 15 is 0 Å². The van der Waals surface area contributed by atoms with Crippen molar-refractivity contribution >= 4 is 17.2 Å². The maximum absolute atomic E-state index is 4.85. The smallest absolute Gasteiger partial charge is 0.129 e. The number of rotatable bonds is 8. The van der Waals surface area contributed by atoms with Gasteiger partial charge in [-0.1, -0.05) is 13.0 Å². The molecule has 3 nitrogen and oxygen atoms in total. The summed E-state index contributed by atoms with van der Waals surface area (Å²) in [5.74, 6) is 1.12. The molecule has 2 aromatic heterocycles. The third-order valence-corrected chi connectivity index (χ3v) is 4.47. The number of nitrogens with zero attached hydrogens (tertiary/aromatic N) is 2. The van der Waals surface area contributed by atoms with E-state index in [0.717, 1.165) is 37.6 Å². The quantitative estimate of drug-likeness (QED) is 0.751. The Labute approximate surface area is 131 Å². The van der Waals surface area contributed by atoms with Crippen LogP contribution in [0.5, 0.6) is 0 Å². The zero-order chi connectivity index (χ0) is 14.5. The summed E-state index contributed by atoms with van der Waals surface area (Å²) in [6.45, 7) is 5.07. The van der Waals surface area contributed by atoms with E-state index in [2.05, 4.69) is 52.2 Å². The average molecular weight is 301 g/mol. The number of thiophene rings is 1. The highest BCUT2D eigenvalue weighted by Gasteiger charge is 2.30. The van der Waals surface area contributed by atoms with Gasteiger partial charge in [-0.05, 0) is 60.3 Å². The topological polar surface area (TPSA) is 28.2 Å². The van der Waals surface area contributed by atoms with E-state index in [1.54, 1.807) is 11.3 Å². The zero-order valence-corrected chi connectivity index (χ0v) is 13.4. The van der Waals surface area contributed by atoms with Crippen molar-refractivity contribution < 1.29 is 0 Å². The summed E-state index contributed by atoms with van der Waals surface area (Å²) < 4.78 is 0. The maximum Gasteiger partial charge on any atom is 0.129 e. The second-order valence-corrected chi connectivity index (χ2v) is 6.43. The van der Waals surface area contributed by atoms with Crippen LogP contribution in [0.25, 0.3) is 0 Å². The first-order valence-corrected chi connectivity index (χ1v) is 8.75. The highest BCUT2D eigenvalue weighted by Crippen LogP contribution is 2.32. The number of hydrogen-bond donors (Lipinski definition) is 1. The van der Waals surface area contributed by atoms with Gasteiger partial charge in [0.1, 0.15) is 5.82 Å². The SMILES string of the molecule is CCCNCc1cccc(N(Cc2ccsc2)C2CC2)n1. The molecular formula is C17H23N3S. The first-order valence-electron chi connectivity index (χ1n) is 7.81. The maximum atomic E-state index is 4.85. The van der Waals surface area contributed by atoms with Crippen LogP contribution in [0.1, 0.15) is 37.4 Å². The van der Waals surface area contributed by atoms with Gasteiger partial charge in [0.2, 0.25) is 0 Å². The molecule has 2 heterocycles. The van der Waals surface area contributed by atoms with Crippen LogP contribution in [0.15, 0.2) is 35.0 Å². The summed E-state index contributed by atoms with van der Waals surface area (Å²) in [4.78, 5) is 7.32. The molecular weight excluding hydrogens is 278 g/mol. The summed E-state index contributed by atoms with van der Waals surface area (Å²) in [5, 5.41) is 7.82. The van der Waals surface area contributed by atoms with Crippen LogP contribution >= 0.6 is 11.3 Å². The number of anilines is 1. The molecule has 112 valence electrons. The number of pyridine rings is 1. The predicted octanol–water partition coefficient (Wildman–Crippen LogP) is 3.81. The molecule has 2 aromatic rings. The molecule has 0 aromatic carbocycles. The second kappa shape index (κ2) is 7.05. The van der Waals surface area contributed by atoms with E-state index in [9.17, 15) is 0 Å². The van der Waals surface area contributed by atoms with Crippen molar-refractivity contribution in [2.75, 3.05) is 11.4 Å². The van der Waals surface area contributed by atoms with Crippen molar-refractivity contribution in [3.8, 4) is 0 Å². The summed E-state index contributed by atoms with van der Waals surface area (Å²) in [7, 11) is 0. The Bertz CT molecular complexity index is 549. The van der Waals surface area contributed by atoms with E-state index in [0.29, 0.717) is 6.04 Å². The van der Waals surface area contributed by atoms with E-state index in [1.165, 1.54) is 18.4 Å². The van der Waals surface area contributed by atoms with Gasteiger partial charge in [-0.25, -0.2) is 4.98 Å². The molecule has 4 heteroatoms. The van der Waals surface area contributed by atoms with Gasteiger partial charge < -0.3 is 10.2 Å². The van der Waals surface area contributed by atoms with Crippen molar-refractivity contribution in [1.29, 1.82) is 0 Å². The minimum Gasteiger partial charge on any atom is -0.349 e. The molecule has 1 saturated carbocycles. The highest BCUT2D eigenvalue weighted by atomic mass is 32.1. The zero-order valence-electron chi connectivity index (χ0n) is 12.6. The van der Waals surface area contributed by atoms with Crippen LogP contribution < -0.4 is 10.2 Å². The molecule has 0 bridgehead atoms. The van der Waals surface area contributed by atoms with Gasteiger partial charge in [0.25, 0.3) is 0 Å². The molecule has 0 saturated heterocycles. The third kappa shape index (κ3) is 4.05. The van der Waals surface area contributed by atoms with Gasteiger partial charge in [0, 0.05) is 19.1 Å². The van der Waals surface area contributed by atoms with Gasteiger partial charge in [0.15, 0.2) is 0 Å². The minimum absolute atomic E-state index is 0.677. The molecule has 1 aliphatic rings. The van der Waals surface area contributed by atoms with Gasteiger partial charge in [-0.3, -0.25) is 0 Å². The fraction of sp³-hybridized carbons (Fsp3) is 0.471. The second-order valence-electron chi connectivity index (χ2n) is 5.65. The fourth-order valence-electron chi connectivity index (χ4n) is 2.48. The molecule has 1 N–H and O–H groups in total. The number of aromatic nitrogens is 1. The van der Waals surface area contributed by atoms with E-state index in [4.69, 9.17) is 4.98 Å². The Morgan fingerprint density at radius 2 is 2.24 bits per heavy atom. The van der Waals surface area contributed by atoms with E-state index < -0.39 is 0 Å². The first kappa shape index (κ1) is 14.5. The van der Waals surface area contributed by atoms with Crippen LogP contribution in [0.4, 0.5) is 5.82 Å². The molecule has 0 unspecified atom stereocenters. The Hall–Kier alpha value is -1.39. The van der Waals surface area contributed by atoms with Crippen molar-refractivity contribution in [3.05, 3.63) is 46.3 Å². The molecule has 21 heavy (non-hydrogen) atoms. The summed E-state index contributed by atoms with van der Waals surface area (Å²) in [6, 6.07) is 9.29. The molecule has 0 aliphatic heterocycles. The average Bonchev–Trinajstić information content (AvgIpc) is 3.22. The predicted molar refractivity (Wildman–Crippen MR) is 89.8 cm³/mol. The molecule has 0 amide bonds. The largest absolute Gasteiger partial charge is 0.349 e. The molecule has 1 aliphatic carbocycles. The first-order chi connectivity index (χ1) is 10.4. The monoisotopic (exact) mass is 301 g/mol. The van der Waals surface area contributed by atoms with Gasteiger partial charge in [-0.2, -0.15) is 11.3 Å². The molecule has 0 atom stereocenters. The number of nitrogens with one attached hydrogen (secondary N) is 1. The lowest BCUT2D eigenvalue weighted by atomic mass is 10.2. The molecule has 1 fully saturated rings. The van der Waals surface area contributed by atoms with E-state index in [1.807, 2.05) is 0 Å². The Morgan fingerprint density at radius 1 is 1.33 bits per heavy atom. The van der Waals surface area contributed by atoms with Gasteiger partial charge >= 0.3 is 0 Å². The van der Waals surface area contributed by atoms with Crippen LogP contribution in [-0.4, -0.2) is 17.6 Å². The Morgan fingerprint density at radius 3 is 2.95 bits per heavy atom.